The van der Waals surface area contributed by atoms with Crippen LogP contribution in [0.3, 0.4) is 0 Å². The number of ether oxygens (including phenoxy) is 1. The van der Waals surface area contributed by atoms with E-state index >= 15 is 0 Å². The van der Waals surface area contributed by atoms with Gasteiger partial charge in [-0.2, -0.15) is 0 Å². The molecule has 160 valence electrons. The van der Waals surface area contributed by atoms with E-state index in [0.29, 0.717) is 26.1 Å². The second kappa shape index (κ2) is 10.7. The van der Waals surface area contributed by atoms with Gasteiger partial charge in [0.25, 0.3) is 0 Å². The van der Waals surface area contributed by atoms with Crippen molar-refractivity contribution in [3.05, 3.63) is 29.3 Å². The maximum absolute atomic E-state index is 11.4. The van der Waals surface area contributed by atoms with Gasteiger partial charge in [0.15, 0.2) is 5.96 Å². The molecule has 0 amide bonds. The van der Waals surface area contributed by atoms with Crippen LogP contribution < -0.4 is 10.1 Å². The lowest BCUT2D eigenvalue weighted by atomic mass is 9.90. The molecule has 0 radical (unpaired) electrons. The molecule has 28 heavy (non-hydrogen) atoms. The van der Waals surface area contributed by atoms with E-state index in [0.717, 1.165) is 18.3 Å². The molecule has 0 heterocycles. The third kappa shape index (κ3) is 9.97. The van der Waals surface area contributed by atoms with Crippen LogP contribution in [0.1, 0.15) is 38.3 Å². The van der Waals surface area contributed by atoms with Gasteiger partial charge in [-0.1, -0.05) is 19.9 Å². The molecule has 0 saturated heterocycles. The Kier molecular flexibility index (Phi) is 9.27. The molecule has 0 saturated carbocycles. The summed E-state index contributed by atoms with van der Waals surface area (Å²) in [4.78, 5) is 6.76. The number of benzene rings is 1. The smallest absolute Gasteiger partial charge is 0.193 e. The van der Waals surface area contributed by atoms with Crippen molar-refractivity contribution in [2.45, 2.75) is 41.0 Å². The molecule has 7 heteroatoms. The van der Waals surface area contributed by atoms with Crippen molar-refractivity contribution in [1.82, 2.24) is 10.2 Å². The number of hydrogen-bond acceptors (Lipinski definition) is 4. The third-order valence-corrected chi connectivity index (χ3v) is 5.34. The summed E-state index contributed by atoms with van der Waals surface area (Å²) in [6.45, 7) is 12.8. The van der Waals surface area contributed by atoms with Gasteiger partial charge in [0, 0.05) is 26.4 Å². The van der Waals surface area contributed by atoms with Crippen LogP contribution in [0.4, 0.5) is 0 Å². The van der Waals surface area contributed by atoms with E-state index in [1.165, 1.54) is 17.4 Å². The molecule has 0 spiro atoms. The Morgan fingerprint density at radius 1 is 1.21 bits per heavy atom. The summed E-state index contributed by atoms with van der Waals surface area (Å²) >= 11 is 0. The summed E-state index contributed by atoms with van der Waals surface area (Å²) in [7, 11) is -0.976. The summed E-state index contributed by atoms with van der Waals surface area (Å²) in [6, 6.07) is 6.20. The zero-order valence-electron chi connectivity index (χ0n) is 18.5. The topological polar surface area (TPSA) is 71.0 Å². The minimum Gasteiger partial charge on any atom is -0.492 e. The van der Waals surface area contributed by atoms with Gasteiger partial charge in [-0.25, -0.2) is 8.42 Å². The van der Waals surface area contributed by atoms with Crippen LogP contribution >= 0.6 is 0 Å². The van der Waals surface area contributed by atoms with Gasteiger partial charge in [0.2, 0.25) is 0 Å². The van der Waals surface area contributed by atoms with Crippen molar-refractivity contribution in [2.24, 2.45) is 10.4 Å². The number of aryl methyl sites for hydroxylation is 2. The first-order valence-corrected chi connectivity index (χ1v) is 11.9. The fourth-order valence-electron chi connectivity index (χ4n) is 2.72. The van der Waals surface area contributed by atoms with E-state index in [2.05, 4.69) is 39.1 Å². The van der Waals surface area contributed by atoms with E-state index < -0.39 is 9.84 Å². The highest BCUT2D eigenvalue weighted by Crippen LogP contribution is 2.21. The number of rotatable bonds is 10. The van der Waals surface area contributed by atoms with Crippen molar-refractivity contribution in [1.29, 1.82) is 0 Å². The Labute approximate surface area is 171 Å². The number of guanidine groups is 1. The summed E-state index contributed by atoms with van der Waals surface area (Å²) in [5, 5.41) is 3.30. The van der Waals surface area contributed by atoms with Crippen LogP contribution in [-0.2, 0) is 9.84 Å². The number of aliphatic imine (C=N–C) groups is 1. The van der Waals surface area contributed by atoms with Gasteiger partial charge < -0.3 is 15.0 Å². The van der Waals surface area contributed by atoms with Crippen LogP contribution in [-0.4, -0.2) is 64.6 Å². The highest BCUT2D eigenvalue weighted by atomic mass is 32.2. The molecule has 0 aliphatic carbocycles. The molecule has 0 aromatic heterocycles. The fourth-order valence-corrected chi connectivity index (χ4v) is 3.65. The molecule has 1 aromatic rings. The SMILES string of the molecule is CCNC(=NCC(C)(C)CCS(C)(=O)=O)N(C)CCOc1cc(C)cc(C)c1. The monoisotopic (exact) mass is 411 g/mol. The molecule has 0 aliphatic rings. The van der Waals surface area contributed by atoms with Gasteiger partial charge in [-0.05, 0) is 55.9 Å². The Morgan fingerprint density at radius 3 is 2.36 bits per heavy atom. The van der Waals surface area contributed by atoms with E-state index in [9.17, 15) is 8.42 Å². The Morgan fingerprint density at radius 2 is 1.82 bits per heavy atom. The van der Waals surface area contributed by atoms with Gasteiger partial charge in [0.05, 0.1) is 12.3 Å². The Balaban J connectivity index is 2.63. The lowest BCUT2D eigenvalue weighted by Crippen LogP contribution is -2.41. The van der Waals surface area contributed by atoms with Crippen molar-refractivity contribution < 1.29 is 13.2 Å². The first-order chi connectivity index (χ1) is 12.9. The molecule has 0 aliphatic heterocycles. The molecule has 1 rings (SSSR count). The molecule has 1 aromatic carbocycles. The van der Waals surface area contributed by atoms with Crippen LogP contribution in [0, 0.1) is 19.3 Å². The molecule has 6 nitrogen and oxygen atoms in total. The normalized spacial score (nSPS) is 12.8. The van der Waals surface area contributed by atoms with Crippen LogP contribution in [0.5, 0.6) is 5.75 Å². The first-order valence-electron chi connectivity index (χ1n) is 9.80. The highest BCUT2D eigenvalue weighted by Gasteiger charge is 2.20. The molecule has 0 unspecified atom stereocenters. The van der Waals surface area contributed by atoms with Crippen molar-refractivity contribution in [2.75, 3.05) is 45.3 Å². The molecular weight excluding hydrogens is 374 g/mol. The molecular formula is C21H37N3O3S. The number of sulfone groups is 1. The standard InChI is InChI=1S/C21H37N3O3S/c1-8-22-20(23-16-21(4,5)9-12-28(7,25)26)24(6)10-11-27-19-14-17(2)13-18(3)15-19/h13-15H,8-12,16H2,1-7H3,(H,22,23). The van der Waals surface area contributed by atoms with Crippen LogP contribution in [0.15, 0.2) is 23.2 Å². The van der Waals surface area contributed by atoms with E-state index in [1.54, 1.807) is 0 Å². The number of likely N-dealkylation sites (N-methyl/N-ethyl adjacent to an activating group) is 1. The largest absolute Gasteiger partial charge is 0.492 e. The summed E-state index contributed by atoms with van der Waals surface area (Å²) in [5.74, 6) is 1.87. The molecule has 0 fully saturated rings. The predicted octanol–water partition coefficient (Wildman–Crippen LogP) is 3.04. The predicted molar refractivity (Wildman–Crippen MR) is 118 cm³/mol. The quantitative estimate of drug-likeness (QED) is 0.473. The third-order valence-electron chi connectivity index (χ3n) is 4.39. The van der Waals surface area contributed by atoms with E-state index in [-0.39, 0.29) is 11.2 Å². The highest BCUT2D eigenvalue weighted by molar-refractivity contribution is 7.90. The van der Waals surface area contributed by atoms with E-state index in [1.807, 2.05) is 31.0 Å². The molecule has 0 atom stereocenters. The minimum absolute atomic E-state index is 0.180. The number of nitrogens with zero attached hydrogens (tertiary/aromatic N) is 2. The summed E-state index contributed by atoms with van der Waals surface area (Å²) in [5.41, 5.74) is 2.20. The van der Waals surface area contributed by atoms with Gasteiger partial charge in [-0.3, -0.25) is 4.99 Å². The number of hydrogen-bond donors (Lipinski definition) is 1. The first kappa shape index (κ1) is 24.3. The van der Waals surface area contributed by atoms with Crippen LogP contribution in [0.25, 0.3) is 0 Å². The van der Waals surface area contributed by atoms with Crippen LogP contribution in [0.2, 0.25) is 0 Å². The second-order valence-electron chi connectivity index (χ2n) is 8.31. The zero-order valence-corrected chi connectivity index (χ0v) is 19.3. The Hall–Kier alpha value is -1.76. The lowest BCUT2D eigenvalue weighted by molar-refractivity contribution is 0.280. The maximum atomic E-state index is 11.4. The van der Waals surface area contributed by atoms with Gasteiger partial charge in [-0.15, -0.1) is 0 Å². The molecule has 1 N–H and O–H groups in total. The average molecular weight is 412 g/mol. The lowest BCUT2D eigenvalue weighted by Gasteiger charge is -2.26. The van der Waals surface area contributed by atoms with E-state index in [4.69, 9.17) is 9.73 Å². The average Bonchev–Trinajstić information content (AvgIpc) is 2.55. The minimum atomic E-state index is -2.96. The van der Waals surface area contributed by atoms with Crippen molar-refractivity contribution >= 4 is 15.8 Å². The number of nitrogens with one attached hydrogen (secondary N) is 1. The maximum Gasteiger partial charge on any atom is 0.193 e. The second-order valence-corrected chi connectivity index (χ2v) is 10.6. The van der Waals surface area contributed by atoms with Crippen molar-refractivity contribution in [3.8, 4) is 5.75 Å². The van der Waals surface area contributed by atoms with Crippen molar-refractivity contribution in [3.63, 3.8) is 0 Å². The fraction of sp³-hybridized carbons (Fsp3) is 0.667. The molecule has 0 bridgehead atoms. The zero-order chi connectivity index (χ0) is 21.4. The van der Waals surface area contributed by atoms with Gasteiger partial charge in [0.1, 0.15) is 22.2 Å². The van der Waals surface area contributed by atoms with Gasteiger partial charge >= 0.3 is 0 Å². The Bertz CT molecular complexity index is 738. The summed E-state index contributed by atoms with van der Waals surface area (Å²) < 4.78 is 28.8. The summed E-state index contributed by atoms with van der Waals surface area (Å²) in [6.07, 6.45) is 1.87.